The standard InChI is InChI=1S/C14H20N6O2S/c1-9-8-12(22-17-9)16-13(21)10(2)19-4-6-20(7-5-19)14-15-11(3)18-23-14/h8,10H,4-7H2,1-3H3,(H,16,21)/t10-/m0/s1. The number of hydrogen-bond acceptors (Lipinski definition) is 8. The van der Waals surface area contributed by atoms with Crippen LogP contribution in [0.2, 0.25) is 0 Å². The van der Waals surface area contributed by atoms with Crippen LogP contribution in [0.4, 0.5) is 11.0 Å². The van der Waals surface area contributed by atoms with Crippen molar-refractivity contribution in [1.82, 2.24) is 19.4 Å². The van der Waals surface area contributed by atoms with Gasteiger partial charge in [-0.15, -0.1) is 0 Å². The summed E-state index contributed by atoms with van der Waals surface area (Å²) in [6.45, 7) is 8.92. The van der Waals surface area contributed by atoms with Gasteiger partial charge in [0, 0.05) is 43.8 Å². The zero-order valence-electron chi connectivity index (χ0n) is 13.4. The van der Waals surface area contributed by atoms with Crippen LogP contribution >= 0.6 is 11.5 Å². The lowest BCUT2D eigenvalue weighted by atomic mass is 10.2. The molecule has 1 aliphatic heterocycles. The van der Waals surface area contributed by atoms with E-state index in [1.54, 1.807) is 6.07 Å². The van der Waals surface area contributed by atoms with Crippen LogP contribution in [0.1, 0.15) is 18.4 Å². The minimum Gasteiger partial charge on any atom is -0.344 e. The summed E-state index contributed by atoms with van der Waals surface area (Å²) in [5.74, 6) is 1.12. The number of rotatable bonds is 4. The predicted molar refractivity (Wildman–Crippen MR) is 87.8 cm³/mol. The topological polar surface area (TPSA) is 87.4 Å². The van der Waals surface area contributed by atoms with Crippen LogP contribution in [0.3, 0.4) is 0 Å². The summed E-state index contributed by atoms with van der Waals surface area (Å²) in [6, 6.07) is 1.49. The minimum atomic E-state index is -0.223. The number of nitrogens with one attached hydrogen (secondary N) is 1. The second-order valence-corrected chi connectivity index (χ2v) is 6.38. The molecule has 1 fully saturated rings. The number of piperazine rings is 1. The fraction of sp³-hybridized carbons (Fsp3) is 0.571. The smallest absolute Gasteiger partial charge is 0.243 e. The van der Waals surface area contributed by atoms with Gasteiger partial charge in [0.15, 0.2) is 0 Å². The van der Waals surface area contributed by atoms with Crippen molar-refractivity contribution >= 4 is 28.5 Å². The SMILES string of the molecule is Cc1cc(NC(=O)[C@H](C)N2CCN(c3nc(C)ns3)CC2)on1. The number of hydrogen-bond donors (Lipinski definition) is 1. The second kappa shape index (κ2) is 6.63. The zero-order chi connectivity index (χ0) is 16.4. The first-order valence-corrected chi connectivity index (χ1v) is 8.34. The van der Waals surface area contributed by atoms with Gasteiger partial charge in [-0.1, -0.05) is 5.16 Å². The molecule has 0 radical (unpaired) electrons. The highest BCUT2D eigenvalue weighted by Gasteiger charge is 2.27. The summed E-state index contributed by atoms with van der Waals surface area (Å²) in [6.07, 6.45) is 0. The van der Waals surface area contributed by atoms with Crippen molar-refractivity contribution < 1.29 is 9.32 Å². The Bertz CT molecular complexity index is 676. The predicted octanol–water partition coefficient (Wildman–Crippen LogP) is 1.29. The van der Waals surface area contributed by atoms with Gasteiger partial charge >= 0.3 is 0 Å². The number of anilines is 2. The second-order valence-electron chi connectivity index (χ2n) is 5.64. The summed E-state index contributed by atoms with van der Waals surface area (Å²) in [4.78, 5) is 21.1. The van der Waals surface area contributed by atoms with E-state index in [0.29, 0.717) is 5.88 Å². The lowest BCUT2D eigenvalue weighted by molar-refractivity contribution is -0.121. The van der Waals surface area contributed by atoms with Crippen LogP contribution in [0.5, 0.6) is 0 Å². The third kappa shape index (κ3) is 3.67. The van der Waals surface area contributed by atoms with Crippen LogP contribution in [0.15, 0.2) is 10.6 Å². The Morgan fingerprint density at radius 3 is 2.65 bits per heavy atom. The van der Waals surface area contributed by atoms with Crippen LogP contribution < -0.4 is 10.2 Å². The molecule has 1 atom stereocenters. The van der Waals surface area contributed by atoms with Crippen molar-refractivity contribution in [1.29, 1.82) is 0 Å². The highest BCUT2D eigenvalue weighted by molar-refractivity contribution is 7.09. The number of carbonyl (C=O) groups is 1. The van der Waals surface area contributed by atoms with E-state index in [1.165, 1.54) is 11.5 Å². The molecule has 1 saturated heterocycles. The Labute approximate surface area is 138 Å². The molecule has 1 aliphatic rings. The summed E-state index contributed by atoms with van der Waals surface area (Å²) in [5.41, 5.74) is 0.744. The third-order valence-corrected chi connectivity index (χ3v) is 4.77. The number of aryl methyl sites for hydroxylation is 2. The number of amides is 1. The lowest BCUT2D eigenvalue weighted by Gasteiger charge is -2.36. The molecule has 0 aromatic carbocycles. The maximum Gasteiger partial charge on any atom is 0.243 e. The molecule has 3 rings (SSSR count). The number of aromatic nitrogens is 3. The van der Waals surface area contributed by atoms with E-state index >= 15 is 0 Å². The molecular formula is C14H20N6O2S. The molecule has 2 aromatic heterocycles. The number of nitrogens with zero attached hydrogens (tertiary/aromatic N) is 5. The van der Waals surface area contributed by atoms with Gasteiger partial charge in [-0.25, -0.2) is 4.98 Å². The average Bonchev–Trinajstić information content (AvgIpc) is 3.15. The van der Waals surface area contributed by atoms with Crippen molar-refractivity contribution in [3.05, 3.63) is 17.6 Å². The van der Waals surface area contributed by atoms with Gasteiger partial charge in [-0.2, -0.15) is 4.37 Å². The molecule has 124 valence electrons. The molecule has 3 heterocycles. The van der Waals surface area contributed by atoms with E-state index < -0.39 is 0 Å². The maximum absolute atomic E-state index is 12.3. The van der Waals surface area contributed by atoms with Crippen LogP contribution in [-0.4, -0.2) is 57.5 Å². The van der Waals surface area contributed by atoms with E-state index in [-0.39, 0.29) is 11.9 Å². The zero-order valence-corrected chi connectivity index (χ0v) is 14.3. The molecule has 1 N–H and O–H groups in total. The van der Waals surface area contributed by atoms with Crippen molar-refractivity contribution in [2.75, 3.05) is 36.4 Å². The molecule has 0 bridgehead atoms. The minimum absolute atomic E-state index is 0.0821. The van der Waals surface area contributed by atoms with Crippen LogP contribution in [0.25, 0.3) is 0 Å². The molecule has 0 saturated carbocycles. The van der Waals surface area contributed by atoms with Crippen molar-refractivity contribution in [2.24, 2.45) is 0 Å². The molecule has 0 aliphatic carbocycles. The van der Waals surface area contributed by atoms with E-state index in [4.69, 9.17) is 4.52 Å². The maximum atomic E-state index is 12.3. The Balaban J connectivity index is 1.53. The van der Waals surface area contributed by atoms with Crippen LogP contribution in [0, 0.1) is 13.8 Å². The summed E-state index contributed by atoms with van der Waals surface area (Å²) >= 11 is 1.42. The quantitative estimate of drug-likeness (QED) is 0.900. The summed E-state index contributed by atoms with van der Waals surface area (Å²) < 4.78 is 9.24. The van der Waals surface area contributed by atoms with Gasteiger partial charge < -0.3 is 9.42 Å². The van der Waals surface area contributed by atoms with Gasteiger partial charge in [0.1, 0.15) is 5.82 Å². The Hall–Kier alpha value is -2.00. The molecule has 2 aromatic rings. The summed E-state index contributed by atoms with van der Waals surface area (Å²) in [5, 5.41) is 7.48. The van der Waals surface area contributed by atoms with Gasteiger partial charge in [-0.05, 0) is 20.8 Å². The van der Waals surface area contributed by atoms with Gasteiger partial charge in [0.05, 0.1) is 11.7 Å². The van der Waals surface area contributed by atoms with Gasteiger partial charge in [0.25, 0.3) is 0 Å². The fourth-order valence-corrected chi connectivity index (χ4v) is 3.25. The summed E-state index contributed by atoms with van der Waals surface area (Å²) in [7, 11) is 0. The Morgan fingerprint density at radius 2 is 2.09 bits per heavy atom. The first-order valence-electron chi connectivity index (χ1n) is 7.56. The lowest BCUT2D eigenvalue weighted by Crippen LogP contribution is -2.52. The van der Waals surface area contributed by atoms with Gasteiger partial charge in [0.2, 0.25) is 16.9 Å². The van der Waals surface area contributed by atoms with E-state index in [2.05, 4.69) is 29.6 Å². The monoisotopic (exact) mass is 336 g/mol. The molecule has 1 amide bonds. The van der Waals surface area contributed by atoms with Crippen molar-refractivity contribution in [3.8, 4) is 0 Å². The van der Waals surface area contributed by atoms with Crippen molar-refractivity contribution in [2.45, 2.75) is 26.8 Å². The normalized spacial score (nSPS) is 17.3. The van der Waals surface area contributed by atoms with E-state index in [0.717, 1.165) is 42.8 Å². The van der Waals surface area contributed by atoms with Gasteiger partial charge in [-0.3, -0.25) is 15.0 Å². The third-order valence-electron chi connectivity index (χ3n) is 3.90. The van der Waals surface area contributed by atoms with Crippen LogP contribution in [-0.2, 0) is 4.79 Å². The molecule has 0 spiro atoms. The highest BCUT2D eigenvalue weighted by Crippen LogP contribution is 2.19. The molecule has 23 heavy (non-hydrogen) atoms. The molecular weight excluding hydrogens is 316 g/mol. The number of carbonyl (C=O) groups excluding carboxylic acids is 1. The van der Waals surface area contributed by atoms with E-state index in [1.807, 2.05) is 20.8 Å². The Morgan fingerprint density at radius 1 is 1.35 bits per heavy atom. The molecule has 9 heteroatoms. The molecule has 0 unspecified atom stereocenters. The fourth-order valence-electron chi connectivity index (χ4n) is 2.53. The van der Waals surface area contributed by atoms with Crippen molar-refractivity contribution in [3.63, 3.8) is 0 Å². The first kappa shape index (κ1) is 15.9. The first-order chi connectivity index (χ1) is 11.0. The molecule has 8 nitrogen and oxygen atoms in total. The average molecular weight is 336 g/mol. The highest BCUT2D eigenvalue weighted by atomic mass is 32.1. The Kier molecular flexibility index (Phi) is 4.58. The van der Waals surface area contributed by atoms with E-state index in [9.17, 15) is 4.79 Å². The largest absolute Gasteiger partial charge is 0.344 e.